The van der Waals surface area contributed by atoms with Crippen LogP contribution in [-0.2, 0) is 14.4 Å². The maximum Gasteiger partial charge on any atom is 0.471 e. The quantitative estimate of drug-likeness (QED) is 0.770. The zero-order valence-corrected chi connectivity index (χ0v) is 15.4. The van der Waals surface area contributed by atoms with Crippen LogP contribution in [0.15, 0.2) is 0 Å². The highest BCUT2D eigenvalue weighted by Gasteiger charge is 2.70. The lowest BCUT2D eigenvalue weighted by atomic mass is 9.83. The molecule has 4 atom stereocenters. The molecule has 1 unspecified atom stereocenters. The van der Waals surface area contributed by atoms with Gasteiger partial charge >= 0.3 is 18.1 Å². The number of hydrogen-bond donors (Lipinski definition) is 2. The zero-order chi connectivity index (χ0) is 20.1. The van der Waals surface area contributed by atoms with Crippen LogP contribution < -0.4 is 5.32 Å². The van der Waals surface area contributed by atoms with Gasteiger partial charge in [0.05, 0.1) is 0 Å². The Morgan fingerprint density at radius 1 is 1.15 bits per heavy atom. The fourth-order valence-corrected chi connectivity index (χ4v) is 5.05. The van der Waals surface area contributed by atoms with E-state index in [0.29, 0.717) is 12.8 Å². The number of amides is 2. The first-order valence-electron chi connectivity index (χ1n) is 9.37. The molecule has 27 heavy (non-hydrogen) atoms. The van der Waals surface area contributed by atoms with E-state index in [0.717, 1.165) is 19.3 Å². The summed E-state index contributed by atoms with van der Waals surface area (Å²) in [5, 5.41) is 11.5. The fourth-order valence-electron chi connectivity index (χ4n) is 5.05. The Kier molecular flexibility index (Phi) is 4.93. The van der Waals surface area contributed by atoms with Gasteiger partial charge in [-0.25, -0.2) is 4.79 Å². The van der Waals surface area contributed by atoms with Gasteiger partial charge in [-0.2, -0.15) is 13.2 Å². The van der Waals surface area contributed by atoms with Crippen LogP contribution in [-0.4, -0.2) is 52.6 Å². The molecule has 0 spiro atoms. The molecular weight excluding hydrogens is 365 g/mol. The van der Waals surface area contributed by atoms with Gasteiger partial charge in [0, 0.05) is 12.5 Å². The van der Waals surface area contributed by atoms with Gasteiger partial charge in [-0.15, -0.1) is 0 Å². The minimum Gasteiger partial charge on any atom is -0.480 e. The number of rotatable bonds is 4. The van der Waals surface area contributed by atoms with Gasteiger partial charge in [0.25, 0.3) is 0 Å². The van der Waals surface area contributed by atoms with Crippen LogP contribution in [0.5, 0.6) is 0 Å². The highest BCUT2D eigenvalue weighted by molar-refractivity contribution is 5.93. The number of nitrogens with zero attached hydrogens (tertiary/aromatic N) is 1. The third-order valence-corrected chi connectivity index (χ3v) is 6.68. The average Bonchev–Trinajstić information content (AvgIpc) is 2.96. The van der Waals surface area contributed by atoms with Crippen LogP contribution in [0, 0.1) is 23.2 Å². The van der Waals surface area contributed by atoms with Crippen LogP contribution in [0.25, 0.3) is 0 Å². The Bertz CT molecular complexity index is 643. The van der Waals surface area contributed by atoms with E-state index in [2.05, 4.69) is 0 Å². The molecule has 0 aromatic rings. The van der Waals surface area contributed by atoms with Gasteiger partial charge in [-0.05, 0) is 30.1 Å². The number of aliphatic carboxylic acids is 1. The third-order valence-electron chi connectivity index (χ3n) is 6.68. The molecule has 1 aliphatic heterocycles. The number of alkyl halides is 3. The summed E-state index contributed by atoms with van der Waals surface area (Å²) in [5.41, 5.74) is -0.199. The molecule has 1 heterocycles. The zero-order valence-electron chi connectivity index (χ0n) is 15.4. The molecule has 0 aromatic heterocycles. The Morgan fingerprint density at radius 3 is 2.26 bits per heavy atom. The SMILES string of the molecule is CC1(C)[C@@H]2[C@@H](C(=O)O)N(C(=O)C(NC(=O)C(F)(F)F)C3CCCCC3)C[C@@H]21. The Hall–Kier alpha value is -1.80. The van der Waals surface area contributed by atoms with E-state index in [-0.39, 0.29) is 23.8 Å². The lowest BCUT2D eigenvalue weighted by Crippen LogP contribution is -2.58. The standard InChI is InChI=1S/C18H25F3N2O4/c1-17(2)10-8-23(13(11(10)17)15(25)26)14(24)12(9-6-4-3-5-7-9)22-16(27)18(19,20)21/h9-13H,3-8H2,1-2H3,(H,22,27)(H,25,26)/t10-,11-,12?,13-/m0/s1. The van der Waals surface area contributed by atoms with Crippen molar-refractivity contribution >= 4 is 17.8 Å². The Morgan fingerprint density at radius 2 is 1.74 bits per heavy atom. The number of piperidine rings is 1. The van der Waals surface area contributed by atoms with Crippen molar-refractivity contribution in [2.75, 3.05) is 6.54 Å². The highest BCUT2D eigenvalue weighted by Crippen LogP contribution is 2.65. The van der Waals surface area contributed by atoms with Crippen molar-refractivity contribution in [2.45, 2.75) is 64.2 Å². The van der Waals surface area contributed by atoms with E-state index < -0.39 is 42.0 Å². The van der Waals surface area contributed by atoms with Gasteiger partial charge < -0.3 is 15.3 Å². The minimum atomic E-state index is -5.09. The Labute approximate surface area is 155 Å². The number of likely N-dealkylation sites (tertiary alicyclic amines) is 1. The smallest absolute Gasteiger partial charge is 0.471 e. The molecule has 6 nitrogen and oxygen atoms in total. The summed E-state index contributed by atoms with van der Waals surface area (Å²) >= 11 is 0. The summed E-state index contributed by atoms with van der Waals surface area (Å²) in [6.07, 6.45) is -1.52. The van der Waals surface area contributed by atoms with Crippen LogP contribution in [0.4, 0.5) is 13.2 Å². The molecule has 2 aliphatic carbocycles. The predicted molar refractivity (Wildman–Crippen MR) is 88.5 cm³/mol. The molecule has 0 aromatic carbocycles. The van der Waals surface area contributed by atoms with Crippen molar-refractivity contribution in [3.63, 3.8) is 0 Å². The fraction of sp³-hybridized carbons (Fsp3) is 0.833. The lowest BCUT2D eigenvalue weighted by Gasteiger charge is -2.36. The number of carbonyl (C=O) groups excluding carboxylic acids is 2. The van der Waals surface area contributed by atoms with Crippen LogP contribution in [0.1, 0.15) is 46.0 Å². The van der Waals surface area contributed by atoms with Crippen molar-refractivity contribution in [3.05, 3.63) is 0 Å². The van der Waals surface area contributed by atoms with Crippen molar-refractivity contribution in [2.24, 2.45) is 23.2 Å². The van der Waals surface area contributed by atoms with E-state index in [1.165, 1.54) is 4.90 Å². The number of carboxylic acids is 1. The summed E-state index contributed by atoms with van der Waals surface area (Å²) in [5.74, 6) is -4.59. The first-order chi connectivity index (χ1) is 12.5. The van der Waals surface area contributed by atoms with Gasteiger partial charge in [0.1, 0.15) is 12.1 Å². The summed E-state index contributed by atoms with van der Waals surface area (Å²) in [4.78, 5) is 37.5. The first kappa shape index (κ1) is 19.9. The third kappa shape index (κ3) is 3.52. The van der Waals surface area contributed by atoms with Gasteiger partial charge in [0.15, 0.2) is 0 Å². The van der Waals surface area contributed by atoms with Crippen LogP contribution in [0.3, 0.4) is 0 Å². The summed E-state index contributed by atoms with van der Waals surface area (Å²) in [6, 6.07) is -2.38. The molecule has 3 aliphatic rings. The highest BCUT2D eigenvalue weighted by atomic mass is 19.4. The van der Waals surface area contributed by atoms with Crippen molar-refractivity contribution in [3.8, 4) is 0 Å². The molecule has 2 saturated carbocycles. The number of carboxylic acid groups (broad SMARTS) is 1. The largest absolute Gasteiger partial charge is 0.480 e. The van der Waals surface area contributed by atoms with Gasteiger partial charge in [-0.1, -0.05) is 33.1 Å². The number of hydrogen-bond acceptors (Lipinski definition) is 3. The molecular formula is C18H25F3N2O4. The van der Waals surface area contributed by atoms with Crippen molar-refractivity contribution in [1.82, 2.24) is 10.2 Å². The van der Waals surface area contributed by atoms with Crippen LogP contribution in [0.2, 0.25) is 0 Å². The van der Waals surface area contributed by atoms with E-state index in [4.69, 9.17) is 0 Å². The van der Waals surface area contributed by atoms with E-state index in [1.54, 1.807) is 0 Å². The molecule has 3 rings (SSSR count). The summed E-state index contributed by atoms with van der Waals surface area (Å²) in [6.45, 7) is 4.08. The summed E-state index contributed by atoms with van der Waals surface area (Å²) in [7, 11) is 0. The maximum atomic E-state index is 13.1. The predicted octanol–water partition coefficient (Wildman–Crippen LogP) is 2.18. The van der Waals surface area contributed by atoms with Gasteiger partial charge in [-0.3, -0.25) is 9.59 Å². The second-order valence-corrected chi connectivity index (χ2v) is 8.57. The number of nitrogens with one attached hydrogen (secondary N) is 1. The second-order valence-electron chi connectivity index (χ2n) is 8.57. The number of carbonyl (C=O) groups is 3. The molecule has 2 N–H and O–H groups in total. The molecule has 2 amide bonds. The van der Waals surface area contributed by atoms with Gasteiger partial charge in [0.2, 0.25) is 5.91 Å². The monoisotopic (exact) mass is 390 g/mol. The van der Waals surface area contributed by atoms with Crippen LogP contribution >= 0.6 is 0 Å². The average molecular weight is 390 g/mol. The number of fused-ring (bicyclic) bond motifs is 1. The molecule has 3 fully saturated rings. The molecule has 1 saturated heterocycles. The van der Waals surface area contributed by atoms with E-state index >= 15 is 0 Å². The molecule has 0 bridgehead atoms. The van der Waals surface area contributed by atoms with Crippen molar-refractivity contribution in [1.29, 1.82) is 0 Å². The topological polar surface area (TPSA) is 86.7 Å². The molecule has 0 radical (unpaired) electrons. The van der Waals surface area contributed by atoms with E-state index in [1.807, 2.05) is 19.2 Å². The Balaban J connectivity index is 1.82. The normalized spacial score (nSPS) is 31.1. The summed E-state index contributed by atoms with van der Waals surface area (Å²) < 4.78 is 38.3. The molecule has 9 heteroatoms. The second kappa shape index (κ2) is 6.67. The van der Waals surface area contributed by atoms with Crippen molar-refractivity contribution < 1.29 is 32.7 Å². The minimum absolute atomic E-state index is 0.0212. The lowest BCUT2D eigenvalue weighted by molar-refractivity contribution is -0.176. The molecule has 152 valence electrons. The van der Waals surface area contributed by atoms with E-state index in [9.17, 15) is 32.7 Å². The maximum absolute atomic E-state index is 13.1. The first-order valence-corrected chi connectivity index (χ1v) is 9.37. The number of halogens is 3.